The fraction of sp³-hybridized carbons (Fsp3) is 0.308. The molecular weight excluding hydrogens is 382 g/mol. The molecule has 0 amide bonds. The maximum atomic E-state index is 11.3. The highest BCUT2D eigenvalue weighted by Crippen LogP contribution is 2.32. The molecule has 0 aliphatic heterocycles. The summed E-state index contributed by atoms with van der Waals surface area (Å²) < 4.78 is 36.8. The van der Waals surface area contributed by atoms with Gasteiger partial charge in [-0.25, -0.2) is 8.42 Å². The van der Waals surface area contributed by atoms with Crippen LogP contribution < -0.4 is 4.90 Å². The third-order valence-corrected chi connectivity index (χ3v) is 3.52. The van der Waals surface area contributed by atoms with E-state index in [1.807, 2.05) is 0 Å². The second-order valence-corrected chi connectivity index (χ2v) is 6.05. The van der Waals surface area contributed by atoms with Gasteiger partial charge in [0.1, 0.15) is 12.0 Å². The van der Waals surface area contributed by atoms with Gasteiger partial charge in [-0.1, -0.05) is 0 Å². The average molecular weight is 399 g/mol. The number of hydrogen-bond donors (Lipinski definition) is 0. The maximum absolute atomic E-state index is 11.3. The topological polar surface area (TPSA) is 168 Å². The Labute approximate surface area is 155 Å². The SMILES string of the molecule is CN(CCOS(=O)(=O)[O-])c1ccc(N=Nc2ncn(C)n2)cc1[N+](=O)[O-].[CH3+]. The lowest BCUT2D eigenvalue weighted by Crippen LogP contribution is -2.24. The summed E-state index contributed by atoms with van der Waals surface area (Å²) in [5.41, 5.74) is 0.124. The maximum Gasteiger partial charge on any atom is 0.294 e. The van der Waals surface area contributed by atoms with Gasteiger partial charge in [-0.2, -0.15) is 4.98 Å². The summed E-state index contributed by atoms with van der Waals surface area (Å²) >= 11 is 0. The summed E-state index contributed by atoms with van der Waals surface area (Å²) in [6, 6.07) is 4.10. The van der Waals surface area contributed by atoms with E-state index in [-0.39, 0.29) is 37.0 Å². The largest absolute Gasteiger partial charge is 0.726 e. The van der Waals surface area contributed by atoms with E-state index in [0.29, 0.717) is 0 Å². The minimum atomic E-state index is -4.82. The van der Waals surface area contributed by atoms with Gasteiger partial charge in [-0.05, 0) is 12.1 Å². The van der Waals surface area contributed by atoms with Gasteiger partial charge in [0.25, 0.3) is 11.6 Å². The molecule has 0 N–H and O–H groups in total. The van der Waals surface area contributed by atoms with Gasteiger partial charge in [-0.3, -0.25) is 19.0 Å². The molecule has 0 unspecified atom stereocenters. The molecule has 0 saturated carbocycles. The van der Waals surface area contributed by atoms with Gasteiger partial charge in [0.05, 0.1) is 17.2 Å². The summed E-state index contributed by atoms with van der Waals surface area (Å²) in [6.45, 7) is -0.493. The summed E-state index contributed by atoms with van der Waals surface area (Å²) in [5, 5.41) is 22.8. The number of azo groups is 1. The number of benzene rings is 1. The summed E-state index contributed by atoms with van der Waals surface area (Å²) in [5.74, 6) is 0.104. The Morgan fingerprint density at radius 2 is 2.07 bits per heavy atom. The zero-order chi connectivity index (χ0) is 19.3. The monoisotopic (exact) mass is 399 g/mol. The van der Waals surface area contributed by atoms with Crippen molar-refractivity contribution in [3.8, 4) is 0 Å². The van der Waals surface area contributed by atoms with E-state index >= 15 is 0 Å². The van der Waals surface area contributed by atoms with Crippen LogP contribution in [0.25, 0.3) is 0 Å². The zero-order valence-corrected chi connectivity index (χ0v) is 15.5. The van der Waals surface area contributed by atoms with Crippen LogP contribution in [0.5, 0.6) is 0 Å². The number of aromatic nitrogens is 3. The lowest BCUT2D eigenvalue weighted by atomic mass is 10.2. The number of nitro benzene ring substituents is 1. The van der Waals surface area contributed by atoms with Crippen molar-refractivity contribution in [2.75, 3.05) is 25.1 Å². The van der Waals surface area contributed by atoms with E-state index in [1.165, 1.54) is 41.2 Å². The second-order valence-electron chi connectivity index (χ2n) is 5.00. The molecule has 0 saturated heterocycles. The van der Waals surface area contributed by atoms with Crippen LogP contribution in [0.1, 0.15) is 0 Å². The molecule has 0 bridgehead atoms. The molecular formula is C13H17N7O6S. The smallest absolute Gasteiger partial charge is 0.294 e. The van der Waals surface area contributed by atoms with Gasteiger partial charge in [-0.15, -0.1) is 15.3 Å². The molecule has 0 atom stereocenters. The molecule has 2 aromatic rings. The van der Waals surface area contributed by atoms with Crippen molar-refractivity contribution in [3.05, 3.63) is 42.1 Å². The highest BCUT2D eigenvalue weighted by Gasteiger charge is 2.18. The standard InChI is InChI=1S/C12H15N7O6S.CH3/c1-17(5-6-25-26(22,23)24)10-4-3-9(7-11(10)19(20)21)14-15-12-13-8-18(2)16-12;/h3-4,7-8H,5-6H2,1-2H3,(H,22,23,24);1H3/q;+1/p-1. The molecule has 2 rings (SSSR count). The fourth-order valence-electron chi connectivity index (χ4n) is 1.92. The van der Waals surface area contributed by atoms with Crippen molar-refractivity contribution in [1.29, 1.82) is 0 Å². The summed E-state index contributed by atoms with van der Waals surface area (Å²) in [6.07, 6.45) is 1.43. The van der Waals surface area contributed by atoms with Crippen molar-refractivity contribution in [2.24, 2.45) is 17.3 Å². The third-order valence-electron chi connectivity index (χ3n) is 3.06. The predicted molar refractivity (Wildman–Crippen MR) is 93.6 cm³/mol. The summed E-state index contributed by atoms with van der Waals surface area (Å²) in [7, 11) is -1.67. The molecule has 0 fully saturated rings. The molecule has 146 valence electrons. The normalized spacial score (nSPS) is 11.4. The molecule has 0 aliphatic carbocycles. The van der Waals surface area contributed by atoms with Crippen LogP contribution in [0, 0.1) is 17.5 Å². The van der Waals surface area contributed by atoms with E-state index in [2.05, 4.69) is 24.5 Å². The van der Waals surface area contributed by atoms with Crippen LogP contribution in [0.4, 0.5) is 23.0 Å². The van der Waals surface area contributed by atoms with Crippen molar-refractivity contribution in [2.45, 2.75) is 0 Å². The van der Waals surface area contributed by atoms with Crippen molar-refractivity contribution >= 4 is 33.4 Å². The first kappa shape index (κ1) is 21.9. The number of nitro groups is 1. The Bertz CT molecular complexity index is 927. The summed E-state index contributed by atoms with van der Waals surface area (Å²) in [4.78, 5) is 15.9. The number of hydrogen-bond acceptors (Lipinski definition) is 11. The lowest BCUT2D eigenvalue weighted by molar-refractivity contribution is -0.384. The molecule has 27 heavy (non-hydrogen) atoms. The van der Waals surface area contributed by atoms with E-state index in [0.717, 1.165) is 0 Å². The van der Waals surface area contributed by atoms with Crippen LogP contribution in [-0.4, -0.2) is 52.9 Å². The van der Waals surface area contributed by atoms with Crippen LogP contribution in [0.2, 0.25) is 0 Å². The van der Waals surface area contributed by atoms with E-state index in [1.54, 1.807) is 7.05 Å². The number of likely N-dealkylation sites (N-methyl/N-ethyl adjacent to an activating group) is 1. The molecule has 1 aromatic heterocycles. The van der Waals surface area contributed by atoms with Crippen molar-refractivity contribution in [3.63, 3.8) is 0 Å². The Kier molecular flexibility index (Phi) is 7.33. The van der Waals surface area contributed by atoms with E-state index < -0.39 is 21.9 Å². The van der Waals surface area contributed by atoms with Crippen LogP contribution in [-0.2, 0) is 21.6 Å². The minimum absolute atomic E-state index is 0. The van der Waals surface area contributed by atoms with Crippen LogP contribution in [0.3, 0.4) is 0 Å². The molecule has 0 spiro atoms. The number of rotatable bonds is 8. The quantitative estimate of drug-likeness (QED) is 0.159. The first-order chi connectivity index (χ1) is 12.2. The third kappa shape index (κ3) is 6.61. The molecule has 0 aliphatic rings. The first-order valence-electron chi connectivity index (χ1n) is 7.03. The van der Waals surface area contributed by atoms with Gasteiger partial charge >= 0.3 is 0 Å². The molecule has 0 radical (unpaired) electrons. The van der Waals surface area contributed by atoms with Crippen LogP contribution >= 0.6 is 0 Å². The average Bonchev–Trinajstić information content (AvgIpc) is 2.96. The lowest BCUT2D eigenvalue weighted by Gasteiger charge is -2.19. The van der Waals surface area contributed by atoms with Gasteiger partial charge in [0, 0.05) is 34.1 Å². The van der Waals surface area contributed by atoms with Crippen molar-refractivity contribution in [1.82, 2.24) is 14.8 Å². The molecule has 14 heteroatoms. The Hall–Kier alpha value is -3.10. The van der Waals surface area contributed by atoms with Gasteiger partial charge in [0.2, 0.25) is 10.4 Å². The van der Waals surface area contributed by atoms with Gasteiger partial charge < -0.3 is 9.45 Å². The van der Waals surface area contributed by atoms with Gasteiger partial charge in [0.15, 0.2) is 0 Å². The van der Waals surface area contributed by atoms with E-state index in [4.69, 9.17) is 0 Å². The Morgan fingerprint density at radius 3 is 2.63 bits per heavy atom. The minimum Gasteiger partial charge on any atom is -0.726 e. The highest BCUT2D eigenvalue weighted by atomic mass is 32.3. The number of anilines is 1. The number of nitrogens with zero attached hydrogens (tertiary/aromatic N) is 7. The Balaban J connectivity index is 0.00000364. The zero-order valence-electron chi connectivity index (χ0n) is 14.7. The second kappa shape index (κ2) is 9.02. The number of aryl methyl sites for hydroxylation is 1. The van der Waals surface area contributed by atoms with Crippen molar-refractivity contribution < 1.29 is 22.1 Å². The fourth-order valence-corrected chi connectivity index (χ4v) is 2.19. The molecule has 13 nitrogen and oxygen atoms in total. The first-order valence-corrected chi connectivity index (χ1v) is 8.36. The van der Waals surface area contributed by atoms with E-state index in [9.17, 15) is 23.1 Å². The highest BCUT2D eigenvalue weighted by molar-refractivity contribution is 7.80. The molecule has 1 heterocycles. The van der Waals surface area contributed by atoms with Crippen LogP contribution in [0.15, 0.2) is 34.8 Å². The predicted octanol–water partition coefficient (Wildman–Crippen LogP) is 1.50. The molecule has 1 aromatic carbocycles. The Morgan fingerprint density at radius 1 is 1.37 bits per heavy atom.